The Morgan fingerprint density at radius 3 is 2.53 bits per heavy atom. The van der Waals surface area contributed by atoms with Gasteiger partial charge in [0.05, 0.1) is 16.9 Å². The van der Waals surface area contributed by atoms with Gasteiger partial charge >= 0.3 is 0 Å². The van der Waals surface area contributed by atoms with Crippen LogP contribution in [0.1, 0.15) is 0 Å². The number of benzene rings is 1. The lowest BCUT2D eigenvalue weighted by molar-refractivity contribution is 0.211. The zero-order valence-corrected chi connectivity index (χ0v) is 11.9. The number of alkyl halides is 1. The third kappa shape index (κ3) is 5.20. The molecule has 0 spiro atoms. The minimum atomic E-state index is -3.49. The van der Waals surface area contributed by atoms with E-state index in [4.69, 9.17) is 11.6 Å². The van der Waals surface area contributed by atoms with Crippen molar-refractivity contribution in [2.45, 2.75) is 11.0 Å². The van der Waals surface area contributed by atoms with Gasteiger partial charge in [-0.15, -0.1) is 18.2 Å². The van der Waals surface area contributed by atoms with Crippen LogP contribution >= 0.6 is 11.6 Å². The summed E-state index contributed by atoms with van der Waals surface area (Å²) in [4.78, 5) is 0.179. The standard InChI is InChI=1S/C12H17ClN2O3S/c1-2-7-15-19(17,18)12-5-3-10(4-6-12)14-9-11(16)8-13/h2-6,11,14-16H,1,7-9H2. The predicted molar refractivity (Wildman–Crippen MR) is 77.0 cm³/mol. The topological polar surface area (TPSA) is 78.4 Å². The Balaban J connectivity index is 2.68. The van der Waals surface area contributed by atoms with Crippen LogP contribution in [-0.4, -0.2) is 38.6 Å². The quantitative estimate of drug-likeness (QED) is 0.497. The van der Waals surface area contributed by atoms with E-state index in [0.717, 1.165) is 0 Å². The van der Waals surface area contributed by atoms with E-state index in [1.165, 1.54) is 18.2 Å². The summed E-state index contributed by atoms with van der Waals surface area (Å²) in [5, 5.41) is 12.2. The van der Waals surface area contributed by atoms with Crippen LogP contribution in [0, 0.1) is 0 Å². The number of aliphatic hydroxyl groups excluding tert-OH is 1. The third-order valence-corrected chi connectivity index (χ3v) is 4.10. The highest BCUT2D eigenvalue weighted by molar-refractivity contribution is 7.89. The van der Waals surface area contributed by atoms with Gasteiger partial charge in [-0.1, -0.05) is 6.08 Å². The second-order valence-electron chi connectivity index (χ2n) is 3.85. The van der Waals surface area contributed by atoms with Crippen molar-refractivity contribution in [3.05, 3.63) is 36.9 Å². The normalized spacial score (nSPS) is 12.9. The minimum Gasteiger partial charge on any atom is -0.390 e. The van der Waals surface area contributed by atoms with E-state index >= 15 is 0 Å². The Morgan fingerprint density at radius 1 is 1.37 bits per heavy atom. The van der Waals surface area contributed by atoms with E-state index in [1.54, 1.807) is 12.1 Å². The Bertz CT molecular complexity index is 502. The number of hydrogen-bond acceptors (Lipinski definition) is 4. The lowest BCUT2D eigenvalue weighted by Crippen LogP contribution is -2.23. The molecule has 0 amide bonds. The first-order valence-corrected chi connectivity index (χ1v) is 7.70. The number of sulfonamides is 1. The largest absolute Gasteiger partial charge is 0.390 e. The molecule has 106 valence electrons. The van der Waals surface area contributed by atoms with Crippen molar-refractivity contribution in [1.29, 1.82) is 0 Å². The highest BCUT2D eigenvalue weighted by Gasteiger charge is 2.12. The highest BCUT2D eigenvalue weighted by Crippen LogP contribution is 2.13. The smallest absolute Gasteiger partial charge is 0.240 e. The summed E-state index contributed by atoms with van der Waals surface area (Å²) in [5.74, 6) is 0.144. The fraction of sp³-hybridized carbons (Fsp3) is 0.333. The zero-order valence-electron chi connectivity index (χ0n) is 10.3. The molecule has 0 radical (unpaired) electrons. The molecule has 0 aromatic heterocycles. The predicted octanol–water partition coefficient (Wildman–Crippen LogP) is 1.16. The van der Waals surface area contributed by atoms with E-state index in [1.807, 2.05) is 0 Å². The molecule has 5 nitrogen and oxygen atoms in total. The van der Waals surface area contributed by atoms with Gasteiger partial charge in [0.25, 0.3) is 0 Å². The van der Waals surface area contributed by atoms with Crippen molar-refractivity contribution < 1.29 is 13.5 Å². The van der Waals surface area contributed by atoms with E-state index < -0.39 is 16.1 Å². The highest BCUT2D eigenvalue weighted by atomic mass is 35.5. The molecule has 1 rings (SSSR count). The molecule has 1 aromatic carbocycles. The van der Waals surface area contributed by atoms with Crippen LogP contribution < -0.4 is 10.0 Å². The molecule has 0 saturated heterocycles. The molecule has 1 aromatic rings. The molecule has 0 saturated carbocycles. The maximum Gasteiger partial charge on any atom is 0.240 e. The van der Waals surface area contributed by atoms with Crippen molar-refractivity contribution in [3.63, 3.8) is 0 Å². The SMILES string of the molecule is C=CCNS(=O)(=O)c1ccc(NCC(O)CCl)cc1. The molecule has 1 unspecified atom stereocenters. The first-order chi connectivity index (χ1) is 8.99. The number of aliphatic hydroxyl groups is 1. The first kappa shape index (κ1) is 16.0. The molecule has 0 aliphatic rings. The maximum absolute atomic E-state index is 11.8. The molecular formula is C12H17ClN2O3S. The Morgan fingerprint density at radius 2 is 2.00 bits per heavy atom. The van der Waals surface area contributed by atoms with Gasteiger partial charge in [-0.2, -0.15) is 0 Å². The van der Waals surface area contributed by atoms with Gasteiger partial charge in [0.2, 0.25) is 10.0 Å². The Labute approximate surface area is 118 Å². The summed E-state index contributed by atoms with van der Waals surface area (Å²) in [7, 11) is -3.49. The van der Waals surface area contributed by atoms with Crippen molar-refractivity contribution in [2.24, 2.45) is 0 Å². The van der Waals surface area contributed by atoms with Gasteiger partial charge < -0.3 is 10.4 Å². The van der Waals surface area contributed by atoms with Gasteiger partial charge in [-0.25, -0.2) is 13.1 Å². The molecule has 3 N–H and O–H groups in total. The summed E-state index contributed by atoms with van der Waals surface area (Å²) in [6.45, 7) is 3.94. The monoisotopic (exact) mass is 304 g/mol. The fourth-order valence-corrected chi connectivity index (χ4v) is 2.40. The van der Waals surface area contributed by atoms with Gasteiger partial charge in [0, 0.05) is 18.8 Å². The van der Waals surface area contributed by atoms with Crippen LogP contribution in [0.5, 0.6) is 0 Å². The molecule has 0 aliphatic heterocycles. The average molecular weight is 305 g/mol. The molecule has 0 aliphatic carbocycles. The summed E-state index contributed by atoms with van der Waals surface area (Å²) in [6, 6.07) is 6.23. The lowest BCUT2D eigenvalue weighted by atomic mass is 10.3. The molecule has 0 heterocycles. The second-order valence-corrected chi connectivity index (χ2v) is 5.93. The van der Waals surface area contributed by atoms with E-state index in [0.29, 0.717) is 12.2 Å². The lowest BCUT2D eigenvalue weighted by Gasteiger charge is -2.10. The van der Waals surface area contributed by atoms with Crippen molar-refractivity contribution in [2.75, 3.05) is 24.3 Å². The number of nitrogens with one attached hydrogen (secondary N) is 2. The van der Waals surface area contributed by atoms with Crippen LogP contribution in [-0.2, 0) is 10.0 Å². The van der Waals surface area contributed by atoms with E-state index in [-0.39, 0.29) is 17.3 Å². The fourth-order valence-electron chi connectivity index (χ4n) is 1.29. The minimum absolute atomic E-state index is 0.144. The first-order valence-electron chi connectivity index (χ1n) is 5.68. The van der Waals surface area contributed by atoms with Crippen molar-refractivity contribution in [1.82, 2.24) is 4.72 Å². The van der Waals surface area contributed by atoms with Crippen molar-refractivity contribution in [3.8, 4) is 0 Å². The van der Waals surface area contributed by atoms with Gasteiger partial charge in [0.15, 0.2) is 0 Å². The molecule has 1 atom stereocenters. The number of anilines is 1. The summed E-state index contributed by atoms with van der Waals surface area (Å²) >= 11 is 5.47. The molecule has 0 bridgehead atoms. The van der Waals surface area contributed by atoms with Crippen LogP contribution in [0.25, 0.3) is 0 Å². The molecule has 0 fully saturated rings. The zero-order chi connectivity index (χ0) is 14.3. The van der Waals surface area contributed by atoms with E-state index in [2.05, 4.69) is 16.6 Å². The number of rotatable bonds is 8. The van der Waals surface area contributed by atoms with Crippen molar-refractivity contribution >= 4 is 27.3 Å². The summed E-state index contributed by atoms with van der Waals surface area (Å²) in [6.07, 6.45) is 0.834. The summed E-state index contributed by atoms with van der Waals surface area (Å²) < 4.78 is 25.9. The Hall–Kier alpha value is -1.08. The average Bonchev–Trinajstić information content (AvgIpc) is 2.43. The van der Waals surface area contributed by atoms with Crippen LogP contribution in [0.3, 0.4) is 0 Å². The van der Waals surface area contributed by atoms with E-state index in [9.17, 15) is 13.5 Å². The number of hydrogen-bond donors (Lipinski definition) is 3. The molecule has 7 heteroatoms. The summed E-state index contributed by atoms with van der Waals surface area (Å²) in [5.41, 5.74) is 0.715. The number of halogens is 1. The Kier molecular flexibility index (Phi) is 6.30. The second kappa shape index (κ2) is 7.49. The molecular weight excluding hydrogens is 288 g/mol. The van der Waals surface area contributed by atoms with Crippen LogP contribution in [0.4, 0.5) is 5.69 Å². The van der Waals surface area contributed by atoms with Gasteiger partial charge in [0.1, 0.15) is 0 Å². The maximum atomic E-state index is 11.8. The molecule has 19 heavy (non-hydrogen) atoms. The third-order valence-electron chi connectivity index (χ3n) is 2.30. The van der Waals surface area contributed by atoms with Gasteiger partial charge in [-0.3, -0.25) is 0 Å². The van der Waals surface area contributed by atoms with Crippen LogP contribution in [0.2, 0.25) is 0 Å². The van der Waals surface area contributed by atoms with Gasteiger partial charge in [-0.05, 0) is 24.3 Å². The van der Waals surface area contributed by atoms with Crippen LogP contribution in [0.15, 0.2) is 41.8 Å².